The largest absolute Gasteiger partial charge is 0.340 e. The molecule has 8 nitrogen and oxygen atoms in total. The number of benzene rings is 1. The maximum Gasteiger partial charge on any atom is 0.240 e. The first-order valence-corrected chi connectivity index (χ1v) is 8.08. The van der Waals surface area contributed by atoms with E-state index in [1.165, 1.54) is 24.3 Å². The zero-order valence-corrected chi connectivity index (χ0v) is 13.0. The Kier molecular flexibility index (Phi) is 4.88. The average molecular weight is 324 g/mol. The SMILES string of the molecule is CCC(=O)Nc1ccc(S(=O)(=O)NCc2noc(C)n2)cc1. The number of carbonyl (C=O) groups is 1. The molecule has 0 aliphatic heterocycles. The van der Waals surface area contributed by atoms with Crippen LogP contribution >= 0.6 is 0 Å². The Bertz CT molecular complexity index is 753. The van der Waals surface area contributed by atoms with Crippen LogP contribution in [0.2, 0.25) is 0 Å². The molecule has 1 heterocycles. The summed E-state index contributed by atoms with van der Waals surface area (Å²) in [5, 5.41) is 6.25. The Morgan fingerprint density at radius 1 is 1.27 bits per heavy atom. The molecule has 2 rings (SSSR count). The summed E-state index contributed by atoms with van der Waals surface area (Å²) in [4.78, 5) is 15.3. The van der Waals surface area contributed by atoms with Crippen LogP contribution in [-0.4, -0.2) is 24.5 Å². The van der Waals surface area contributed by atoms with E-state index in [9.17, 15) is 13.2 Å². The van der Waals surface area contributed by atoms with E-state index in [4.69, 9.17) is 4.52 Å². The van der Waals surface area contributed by atoms with Crippen LogP contribution in [0.5, 0.6) is 0 Å². The highest BCUT2D eigenvalue weighted by molar-refractivity contribution is 7.89. The standard InChI is InChI=1S/C13H16N4O4S/c1-3-13(18)16-10-4-6-11(7-5-10)22(19,20)14-8-12-15-9(2)21-17-12/h4-7,14H,3,8H2,1-2H3,(H,16,18). The van der Waals surface area contributed by atoms with Crippen LogP contribution in [0, 0.1) is 6.92 Å². The molecule has 0 bridgehead atoms. The summed E-state index contributed by atoms with van der Waals surface area (Å²) >= 11 is 0. The molecule has 0 radical (unpaired) electrons. The number of nitrogens with one attached hydrogen (secondary N) is 2. The van der Waals surface area contributed by atoms with Gasteiger partial charge >= 0.3 is 0 Å². The topological polar surface area (TPSA) is 114 Å². The van der Waals surface area contributed by atoms with Crippen molar-refractivity contribution in [3.8, 4) is 0 Å². The molecule has 1 amide bonds. The number of aryl methyl sites for hydroxylation is 1. The molecule has 2 aromatic rings. The molecular formula is C13H16N4O4S. The number of anilines is 1. The van der Waals surface area contributed by atoms with Crippen LogP contribution in [0.4, 0.5) is 5.69 Å². The lowest BCUT2D eigenvalue weighted by atomic mass is 10.3. The van der Waals surface area contributed by atoms with E-state index in [0.717, 1.165) is 0 Å². The Labute approximate surface area is 128 Å². The minimum atomic E-state index is -3.68. The van der Waals surface area contributed by atoms with Gasteiger partial charge in [0, 0.05) is 19.0 Å². The zero-order chi connectivity index (χ0) is 16.2. The van der Waals surface area contributed by atoms with Crippen LogP contribution in [0.25, 0.3) is 0 Å². The number of hydrogen-bond donors (Lipinski definition) is 2. The smallest absolute Gasteiger partial charge is 0.240 e. The van der Waals surface area contributed by atoms with E-state index in [1.807, 2.05) is 0 Å². The van der Waals surface area contributed by atoms with Gasteiger partial charge in [0.1, 0.15) is 0 Å². The quantitative estimate of drug-likeness (QED) is 0.825. The molecule has 118 valence electrons. The minimum absolute atomic E-state index is 0.0615. The van der Waals surface area contributed by atoms with Crippen LogP contribution < -0.4 is 10.0 Å². The lowest BCUT2D eigenvalue weighted by molar-refractivity contribution is -0.115. The van der Waals surface area contributed by atoms with Crippen LogP contribution in [0.15, 0.2) is 33.7 Å². The van der Waals surface area contributed by atoms with Crippen molar-refractivity contribution in [2.45, 2.75) is 31.7 Å². The first kappa shape index (κ1) is 16.1. The highest BCUT2D eigenvalue weighted by Gasteiger charge is 2.15. The second-order valence-corrected chi connectivity index (χ2v) is 6.25. The molecule has 1 aromatic carbocycles. The lowest BCUT2D eigenvalue weighted by Crippen LogP contribution is -2.23. The maximum atomic E-state index is 12.1. The van der Waals surface area contributed by atoms with Crippen molar-refractivity contribution in [3.05, 3.63) is 36.0 Å². The van der Waals surface area contributed by atoms with Crippen molar-refractivity contribution in [1.29, 1.82) is 0 Å². The first-order valence-electron chi connectivity index (χ1n) is 6.59. The number of carbonyl (C=O) groups excluding carboxylic acids is 1. The van der Waals surface area contributed by atoms with Crippen LogP contribution in [0.3, 0.4) is 0 Å². The fourth-order valence-corrected chi connectivity index (χ4v) is 2.60. The Balaban J connectivity index is 2.04. The summed E-state index contributed by atoms with van der Waals surface area (Å²) in [6.45, 7) is 3.29. The third kappa shape index (κ3) is 4.12. The normalized spacial score (nSPS) is 11.4. The van der Waals surface area contributed by atoms with Gasteiger partial charge in [-0.2, -0.15) is 4.98 Å². The highest BCUT2D eigenvalue weighted by atomic mass is 32.2. The molecule has 0 saturated heterocycles. The third-order valence-electron chi connectivity index (χ3n) is 2.76. The second-order valence-electron chi connectivity index (χ2n) is 4.48. The van der Waals surface area contributed by atoms with Gasteiger partial charge in [-0.15, -0.1) is 0 Å². The number of rotatable bonds is 6. The molecule has 0 fully saturated rings. The van der Waals surface area contributed by atoms with Gasteiger partial charge in [0.05, 0.1) is 11.4 Å². The number of hydrogen-bond acceptors (Lipinski definition) is 6. The van der Waals surface area contributed by atoms with Crippen molar-refractivity contribution in [2.75, 3.05) is 5.32 Å². The Morgan fingerprint density at radius 3 is 2.50 bits per heavy atom. The minimum Gasteiger partial charge on any atom is -0.340 e. The second kappa shape index (κ2) is 6.67. The molecule has 0 aliphatic rings. The number of aromatic nitrogens is 2. The van der Waals surface area contributed by atoms with Gasteiger partial charge in [-0.05, 0) is 24.3 Å². The van der Waals surface area contributed by atoms with Crippen molar-refractivity contribution >= 4 is 21.6 Å². The van der Waals surface area contributed by atoms with Crippen LogP contribution in [-0.2, 0) is 21.4 Å². The Hall–Kier alpha value is -2.26. The molecule has 0 unspecified atom stereocenters. The van der Waals surface area contributed by atoms with Gasteiger partial charge in [0.25, 0.3) is 0 Å². The molecule has 0 spiro atoms. The summed E-state index contributed by atoms with van der Waals surface area (Å²) in [6, 6.07) is 5.88. The first-order chi connectivity index (χ1) is 10.4. The van der Waals surface area contributed by atoms with Crippen molar-refractivity contribution < 1.29 is 17.7 Å². The third-order valence-corrected chi connectivity index (χ3v) is 4.18. The highest BCUT2D eigenvalue weighted by Crippen LogP contribution is 2.14. The number of amides is 1. The molecule has 1 aromatic heterocycles. The van der Waals surface area contributed by atoms with E-state index in [-0.39, 0.29) is 23.2 Å². The van der Waals surface area contributed by atoms with E-state index in [2.05, 4.69) is 20.2 Å². The summed E-state index contributed by atoms with van der Waals surface area (Å²) in [5.74, 6) is 0.485. The fourth-order valence-electron chi connectivity index (χ4n) is 1.62. The summed E-state index contributed by atoms with van der Waals surface area (Å²) < 4.78 is 31.4. The zero-order valence-electron chi connectivity index (χ0n) is 12.2. The molecule has 0 atom stereocenters. The Morgan fingerprint density at radius 2 is 1.95 bits per heavy atom. The molecular weight excluding hydrogens is 308 g/mol. The van der Waals surface area contributed by atoms with Crippen LogP contribution in [0.1, 0.15) is 25.1 Å². The van der Waals surface area contributed by atoms with E-state index >= 15 is 0 Å². The lowest BCUT2D eigenvalue weighted by Gasteiger charge is -2.07. The summed E-state index contributed by atoms with van der Waals surface area (Å²) in [5.41, 5.74) is 0.541. The molecule has 9 heteroatoms. The van der Waals surface area contributed by atoms with Crippen molar-refractivity contribution in [2.24, 2.45) is 0 Å². The molecule has 2 N–H and O–H groups in total. The van der Waals surface area contributed by atoms with Gasteiger partial charge in [0.2, 0.25) is 21.8 Å². The monoisotopic (exact) mass is 324 g/mol. The fraction of sp³-hybridized carbons (Fsp3) is 0.308. The van der Waals surface area contributed by atoms with Gasteiger partial charge in [-0.25, -0.2) is 13.1 Å². The van der Waals surface area contributed by atoms with E-state index in [1.54, 1.807) is 13.8 Å². The van der Waals surface area contributed by atoms with Crippen molar-refractivity contribution in [1.82, 2.24) is 14.9 Å². The predicted molar refractivity (Wildman–Crippen MR) is 78.4 cm³/mol. The van der Waals surface area contributed by atoms with Gasteiger partial charge in [-0.1, -0.05) is 12.1 Å². The van der Waals surface area contributed by atoms with Crippen molar-refractivity contribution in [3.63, 3.8) is 0 Å². The van der Waals surface area contributed by atoms with Gasteiger partial charge in [-0.3, -0.25) is 4.79 Å². The summed E-state index contributed by atoms with van der Waals surface area (Å²) in [7, 11) is -3.68. The van der Waals surface area contributed by atoms with E-state index < -0.39 is 10.0 Å². The average Bonchev–Trinajstić information content (AvgIpc) is 2.91. The molecule has 0 saturated carbocycles. The summed E-state index contributed by atoms with van der Waals surface area (Å²) in [6.07, 6.45) is 0.353. The van der Waals surface area contributed by atoms with Gasteiger partial charge < -0.3 is 9.84 Å². The molecule has 22 heavy (non-hydrogen) atoms. The maximum absolute atomic E-state index is 12.1. The van der Waals surface area contributed by atoms with Gasteiger partial charge in [0.15, 0.2) is 5.82 Å². The predicted octanol–water partition coefficient (Wildman–Crippen LogP) is 1.21. The number of nitrogens with zero attached hydrogens (tertiary/aromatic N) is 2. The van der Waals surface area contributed by atoms with E-state index in [0.29, 0.717) is 18.0 Å². The molecule has 0 aliphatic carbocycles. The number of sulfonamides is 1.